The second kappa shape index (κ2) is 7.84. The average molecular weight is 343 g/mol. The van der Waals surface area contributed by atoms with Gasteiger partial charge in [-0.15, -0.1) is 11.8 Å². The van der Waals surface area contributed by atoms with Gasteiger partial charge in [-0.05, 0) is 36.6 Å². The van der Waals surface area contributed by atoms with Crippen LogP contribution in [-0.2, 0) is 6.42 Å². The molecule has 0 aliphatic carbocycles. The number of hydrogen-bond acceptors (Lipinski definition) is 2. The number of carbonyl (C=O) groups excluding carboxylic acids is 1. The molecule has 126 valence electrons. The standard InChI is InChI=1S/C20H22FNOS/c1-2-3-6-15-9-11-16(12-10-15)19(23)22-13-14-24-20(22)17-7-4-5-8-18(17)21/h4-5,7-12,20H,2-3,6,13-14H2,1H3/t20-/m0/s1. The van der Waals surface area contributed by atoms with E-state index < -0.39 is 0 Å². The van der Waals surface area contributed by atoms with E-state index >= 15 is 0 Å². The van der Waals surface area contributed by atoms with Crippen molar-refractivity contribution < 1.29 is 9.18 Å². The van der Waals surface area contributed by atoms with Gasteiger partial charge in [0.2, 0.25) is 0 Å². The van der Waals surface area contributed by atoms with Crippen LogP contribution in [0, 0.1) is 5.82 Å². The first kappa shape index (κ1) is 17.0. The van der Waals surface area contributed by atoms with Crippen LogP contribution in [0.15, 0.2) is 48.5 Å². The van der Waals surface area contributed by atoms with E-state index in [9.17, 15) is 9.18 Å². The maximum atomic E-state index is 14.1. The van der Waals surface area contributed by atoms with Gasteiger partial charge in [0.05, 0.1) is 0 Å². The van der Waals surface area contributed by atoms with Gasteiger partial charge in [-0.1, -0.05) is 43.7 Å². The average Bonchev–Trinajstić information content (AvgIpc) is 3.09. The Labute approximate surface area is 147 Å². The number of benzene rings is 2. The molecule has 0 unspecified atom stereocenters. The third-order valence-corrected chi connectivity index (χ3v) is 5.59. The Morgan fingerprint density at radius 2 is 1.96 bits per heavy atom. The van der Waals surface area contributed by atoms with Crippen molar-refractivity contribution in [2.24, 2.45) is 0 Å². The molecule has 1 fully saturated rings. The molecule has 3 rings (SSSR count). The van der Waals surface area contributed by atoms with E-state index in [0.717, 1.165) is 25.0 Å². The number of hydrogen-bond donors (Lipinski definition) is 0. The highest BCUT2D eigenvalue weighted by atomic mass is 32.2. The van der Waals surface area contributed by atoms with Crippen LogP contribution < -0.4 is 0 Å². The lowest BCUT2D eigenvalue weighted by Crippen LogP contribution is -2.30. The molecule has 0 bridgehead atoms. The minimum Gasteiger partial charge on any atom is -0.322 e. The van der Waals surface area contributed by atoms with Crippen LogP contribution >= 0.6 is 11.8 Å². The third-order valence-electron chi connectivity index (χ3n) is 4.34. The van der Waals surface area contributed by atoms with Crippen molar-refractivity contribution in [3.8, 4) is 0 Å². The smallest absolute Gasteiger partial charge is 0.255 e. The van der Waals surface area contributed by atoms with E-state index in [1.165, 1.54) is 11.6 Å². The van der Waals surface area contributed by atoms with Crippen molar-refractivity contribution in [1.29, 1.82) is 0 Å². The van der Waals surface area contributed by atoms with E-state index in [4.69, 9.17) is 0 Å². The van der Waals surface area contributed by atoms with Crippen LogP contribution in [0.5, 0.6) is 0 Å². The normalized spacial score (nSPS) is 17.2. The highest BCUT2D eigenvalue weighted by Crippen LogP contribution is 2.39. The fourth-order valence-electron chi connectivity index (χ4n) is 2.97. The number of nitrogens with zero attached hydrogens (tertiary/aromatic N) is 1. The largest absolute Gasteiger partial charge is 0.322 e. The molecular weight excluding hydrogens is 321 g/mol. The van der Waals surface area contributed by atoms with Crippen LogP contribution in [0.2, 0.25) is 0 Å². The lowest BCUT2D eigenvalue weighted by Gasteiger charge is -2.24. The van der Waals surface area contributed by atoms with Crippen molar-refractivity contribution in [1.82, 2.24) is 4.90 Å². The summed E-state index contributed by atoms with van der Waals surface area (Å²) in [7, 11) is 0. The molecule has 2 aromatic rings. The maximum absolute atomic E-state index is 14.1. The zero-order valence-corrected chi connectivity index (χ0v) is 14.7. The summed E-state index contributed by atoms with van der Waals surface area (Å²) in [6.45, 7) is 2.83. The Bertz CT molecular complexity index is 701. The molecule has 2 aromatic carbocycles. The van der Waals surface area contributed by atoms with Gasteiger partial charge >= 0.3 is 0 Å². The molecule has 1 aliphatic heterocycles. The monoisotopic (exact) mass is 343 g/mol. The molecule has 0 spiro atoms. The van der Waals surface area contributed by atoms with Crippen LogP contribution in [0.25, 0.3) is 0 Å². The molecular formula is C20H22FNOS. The summed E-state index contributed by atoms with van der Waals surface area (Å²) in [6.07, 6.45) is 3.36. The zero-order chi connectivity index (χ0) is 16.9. The fraction of sp³-hybridized carbons (Fsp3) is 0.350. The number of rotatable bonds is 5. The van der Waals surface area contributed by atoms with Crippen LogP contribution in [0.1, 0.15) is 46.6 Å². The van der Waals surface area contributed by atoms with Crippen LogP contribution in [-0.4, -0.2) is 23.1 Å². The lowest BCUT2D eigenvalue weighted by molar-refractivity contribution is 0.0759. The third kappa shape index (κ3) is 3.64. The number of carbonyl (C=O) groups is 1. The number of unbranched alkanes of at least 4 members (excludes halogenated alkanes) is 1. The van der Waals surface area contributed by atoms with E-state index in [0.29, 0.717) is 17.7 Å². The Balaban J connectivity index is 1.77. The zero-order valence-electron chi connectivity index (χ0n) is 13.9. The Hall–Kier alpha value is -1.81. The van der Waals surface area contributed by atoms with Crippen molar-refractivity contribution in [3.63, 3.8) is 0 Å². The molecule has 1 amide bonds. The molecule has 2 nitrogen and oxygen atoms in total. The minimum atomic E-state index is -0.246. The molecule has 0 N–H and O–H groups in total. The summed E-state index contributed by atoms with van der Waals surface area (Å²) >= 11 is 1.62. The van der Waals surface area contributed by atoms with Gasteiger partial charge in [0.15, 0.2) is 0 Å². The summed E-state index contributed by atoms with van der Waals surface area (Å²) in [6, 6.07) is 14.6. The first-order valence-corrected chi connectivity index (χ1v) is 9.51. The van der Waals surface area contributed by atoms with E-state index in [1.807, 2.05) is 30.3 Å². The number of halogens is 1. The first-order valence-electron chi connectivity index (χ1n) is 8.46. The number of amides is 1. The molecule has 0 aromatic heterocycles. The van der Waals surface area contributed by atoms with Crippen molar-refractivity contribution >= 4 is 17.7 Å². The van der Waals surface area contributed by atoms with E-state index in [-0.39, 0.29) is 17.1 Å². The Morgan fingerprint density at radius 1 is 1.21 bits per heavy atom. The quantitative estimate of drug-likeness (QED) is 0.756. The van der Waals surface area contributed by atoms with E-state index in [2.05, 4.69) is 6.92 Å². The second-order valence-corrected chi connectivity index (χ2v) is 7.23. The lowest BCUT2D eigenvalue weighted by atomic mass is 10.1. The van der Waals surface area contributed by atoms with Crippen LogP contribution in [0.4, 0.5) is 4.39 Å². The van der Waals surface area contributed by atoms with Crippen molar-refractivity contribution in [2.75, 3.05) is 12.3 Å². The molecule has 1 heterocycles. The molecule has 1 atom stereocenters. The summed E-state index contributed by atoms with van der Waals surface area (Å²) in [5, 5.41) is -0.238. The molecule has 1 aliphatic rings. The first-order chi connectivity index (χ1) is 11.7. The van der Waals surface area contributed by atoms with Gasteiger partial charge in [-0.25, -0.2) is 4.39 Å². The maximum Gasteiger partial charge on any atom is 0.255 e. The van der Waals surface area contributed by atoms with Gasteiger partial charge in [-0.2, -0.15) is 0 Å². The summed E-state index contributed by atoms with van der Waals surface area (Å²) < 4.78 is 14.1. The molecule has 4 heteroatoms. The number of aryl methyl sites for hydroxylation is 1. The summed E-state index contributed by atoms with van der Waals surface area (Å²) in [5.41, 5.74) is 2.53. The highest BCUT2D eigenvalue weighted by Gasteiger charge is 2.32. The molecule has 24 heavy (non-hydrogen) atoms. The molecule has 0 radical (unpaired) electrons. The van der Waals surface area contributed by atoms with Crippen molar-refractivity contribution in [3.05, 3.63) is 71.0 Å². The van der Waals surface area contributed by atoms with Gasteiger partial charge in [0.25, 0.3) is 5.91 Å². The Morgan fingerprint density at radius 3 is 2.67 bits per heavy atom. The topological polar surface area (TPSA) is 20.3 Å². The van der Waals surface area contributed by atoms with Gasteiger partial charge in [0.1, 0.15) is 11.2 Å². The van der Waals surface area contributed by atoms with Crippen molar-refractivity contribution in [2.45, 2.75) is 31.6 Å². The Kier molecular flexibility index (Phi) is 5.56. The summed E-state index contributed by atoms with van der Waals surface area (Å²) in [4.78, 5) is 14.6. The fourth-order valence-corrected chi connectivity index (χ4v) is 4.25. The highest BCUT2D eigenvalue weighted by molar-refractivity contribution is 7.99. The second-order valence-electron chi connectivity index (χ2n) is 6.04. The van der Waals surface area contributed by atoms with Gasteiger partial charge in [-0.3, -0.25) is 4.79 Å². The molecule has 1 saturated heterocycles. The predicted octanol–water partition coefficient (Wildman–Crippen LogP) is 5.06. The SMILES string of the molecule is CCCCc1ccc(C(=O)N2CCS[C@H]2c2ccccc2F)cc1. The van der Waals surface area contributed by atoms with Crippen LogP contribution in [0.3, 0.4) is 0 Å². The summed E-state index contributed by atoms with van der Waals surface area (Å²) in [5.74, 6) is 0.569. The minimum absolute atomic E-state index is 0.0182. The van der Waals surface area contributed by atoms with Gasteiger partial charge < -0.3 is 4.90 Å². The predicted molar refractivity (Wildman–Crippen MR) is 97.7 cm³/mol. The molecule has 0 saturated carbocycles. The van der Waals surface area contributed by atoms with E-state index in [1.54, 1.807) is 28.8 Å². The number of thioether (sulfide) groups is 1. The van der Waals surface area contributed by atoms with Gasteiger partial charge in [0, 0.05) is 23.4 Å².